The van der Waals surface area contributed by atoms with Crippen molar-refractivity contribution in [1.29, 1.82) is 0 Å². The van der Waals surface area contributed by atoms with Gasteiger partial charge in [-0.2, -0.15) is 13.2 Å². The van der Waals surface area contributed by atoms with Gasteiger partial charge < -0.3 is 5.32 Å². The molecule has 1 N–H and O–H groups in total. The van der Waals surface area contributed by atoms with Crippen LogP contribution >= 0.6 is 86.8 Å². The molecule has 1 aliphatic heterocycles. The number of nitrogens with one attached hydrogen (secondary N) is 1. The first kappa shape index (κ1) is 28.7. The summed E-state index contributed by atoms with van der Waals surface area (Å²) in [5.74, 6) is -1.77. The van der Waals surface area contributed by atoms with Gasteiger partial charge in [-0.1, -0.05) is 23.9 Å². The number of halogens is 7. The zero-order chi connectivity index (χ0) is 28.2. The minimum atomic E-state index is -4.60. The standard InChI is InChI=1S/C24H10Br4F3N3O3S2/c25-17-15-16(18(26)20(28)19(17)27)22(37)34(21(15)36)9-5-6-12-13(7-9)39-23(33-12)38-8-14(35)32-11-4-2-1-3-10(11)24(29,30)31/h1-7H,8H2,(H,32,35). The number of aromatic nitrogens is 1. The number of benzene rings is 3. The Hall–Kier alpha value is -1.78. The highest BCUT2D eigenvalue weighted by Gasteiger charge is 2.42. The molecule has 0 saturated heterocycles. The van der Waals surface area contributed by atoms with Crippen LogP contribution in [-0.4, -0.2) is 28.5 Å². The van der Waals surface area contributed by atoms with Crippen molar-refractivity contribution < 1.29 is 27.6 Å². The van der Waals surface area contributed by atoms with E-state index in [-0.39, 0.29) is 22.6 Å². The molecule has 39 heavy (non-hydrogen) atoms. The van der Waals surface area contributed by atoms with Crippen molar-refractivity contribution in [3.63, 3.8) is 0 Å². The van der Waals surface area contributed by atoms with Crippen molar-refractivity contribution in [3.05, 3.63) is 77.0 Å². The van der Waals surface area contributed by atoms with Gasteiger partial charge in [-0.25, -0.2) is 9.88 Å². The Balaban J connectivity index is 1.35. The van der Waals surface area contributed by atoms with Gasteiger partial charge in [0.05, 0.1) is 44.0 Å². The maximum Gasteiger partial charge on any atom is 0.418 e. The highest BCUT2D eigenvalue weighted by Crippen LogP contribution is 2.46. The average Bonchev–Trinajstić information content (AvgIpc) is 3.41. The lowest BCUT2D eigenvalue weighted by Gasteiger charge is -2.13. The molecule has 200 valence electrons. The van der Waals surface area contributed by atoms with Crippen LogP contribution in [0.15, 0.2) is 64.7 Å². The van der Waals surface area contributed by atoms with E-state index in [4.69, 9.17) is 0 Å². The lowest BCUT2D eigenvalue weighted by atomic mass is 10.1. The molecule has 6 nitrogen and oxygen atoms in total. The number of para-hydroxylation sites is 1. The molecule has 2 heterocycles. The predicted octanol–water partition coefficient (Wildman–Crippen LogP) is 8.90. The number of alkyl halides is 3. The van der Waals surface area contributed by atoms with Gasteiger partial charge in [0, 0.05) is 17.9 Å². The Morgan fingerprint density at radius 2 is 1.56 bits per heavy atom. The molecule has 0 aliphatic carbocycles. The van der Waals surface area contributed by atoms with Gasteiger partial charge in [0.2, 0.25) is 5.91 Å². The monoisotopic (exact) mass is 825 g/mol. The fraction of sp³-hybridized carbons (Fsp3) is 0.0833. The maximum absolute atomic E-state index is 13.3. The number of imide groups is 1. The van der Waals surface area contributed by atoms with Crippen LogP contribution in [0.5, 0.6) is 0 Å². The van der Waals surface area contributed by atoms with Crippen LogP contribution in [0, 0.1) is 0 Å². The number of thioether (sulfide) groups is 1. The van der Waals surface area contributed by atoms with Gasteiger partial charge in [-0.05, 0) is 94.1 Å². The summed E-state index contributed by atoms with van der Waals surface area (Å²) in [7, 11) is 0. The van der Waals surface area contributed by atoms with Crippen molar-refractivity contribution in [2.75, 3.05) is 16.0 Å². The largest absolute Gasteiger partial charge is 0.418 e. The Morgan fingerprint density at radius 1 is 0.949 bits per heavy atom. The van der Waals surface area contributed by atoms with Gasteiger partial charge in [0.1, 0.15) is 0 Å². The van der Waals surface area contributed by atoms with Gasteiger partial charge in [0.15, 0.2) is 4.34 Å². The molecule has 0 spiro atoms. The van der Waals surface area contributed by atoms with Crippen molar-refractivity contribution in [3.8, 4) is 0 Å². The van der Waals surface area contributed by atoms with E-state index in [0.29, 0.717) is 38.1 Å². The number of hydrogen-bond acceptors (Lipinski definition) is 6. The first-order chi connectivity index (χ1) is 18.4. The molecule has 5 rings (SSSR count). The summed E-state index contributed by atoms with van der Waals surface area (Å²) in [5.41, 5.74) is 0.131. The number of nitrogens with zero attached hydrogens (tertiary/aromatic N) is 2. The smallest absolute Gasteiger partial charge is 0.325 e. The molecule has 0 bridgehead atoms. The van der Waals surface area contributed by atoms with Crippen LogP contribution in [0.3, 0.4) is 0 Å². The predicted molar refractivity (Wildman–Crippen MR) is 159 cm³/mol. The minimum absolute atomic E-state index is 0.164. The second kappa shape index (κ2) is 10.9. The number of anilines is 2. The fourth-order valence-corrected chi connectivity index (χ4v) is 8.19. The van der Waals surface area contributed by atoms with Crippen LogP contribution in [0.2, 0.25) is 0 Å². The Morgan fingerprint density at radius 3 is 2.18 bits per heavy atom. The summed E-state index contributed by atoms with van der Waals surface area (Å²) in [6.07, 6.45) is -4.60. The van der Waals surface area contributed by atoms with Gasteiger partial charge in [-0.3, -0.25) is 14.4 Å². The van der Waals surface area contributed by atoms with Crippen LogP contribution in [0.25, 0.3) is 10.2 Å². The minimum Gasteiger partial charge on any atom is -0.325 e. The molecule has 15 heteroatoms. The average molecular weight is 829 g/mol. The zero-order valence-electron chi connectivity index (χ0n) is 18.8. The topological polar surface area (TPSA) is 79.4 Å². The molecule has 4 aromatic rings. The fourth-order valence-electron chi connectivity index (χ4n) is 3.83. The molecule has 1 aromatic heterocycles. The van der Waals surface area contributed by atoms with Crippen LogP contribution < -0.4 is 10.2 Å². The molecule has 0 fully saturated rings. The lowest BCUT2D eigenvalue weighted by Crippen LogP contribution is -2.29. The van der Waals surface area contributed by atoms with Gasteiger partial charge in [-0.15, -0.1) is 11.3 Å². The molecule has 0 saturated carbocycles. The summed E-state index contributed by atoms with van der Waals surface area (Å²) in [6.45, 7) is 0. The Kier molecular flexibility index (Phi) is 8.03. The maximum atomic E-state index is 13.3. The molecule has 3 amide bonds. The number of carbonyl (C=O) groups excluding carboxylic acids is 3. The normalized spacial score (nSPS) is 13.4. The van der Waals surface area contributed by atoms with Crippen molar-refractivity contribution in [2.24, 2.45) is 0 Å². The summed E-state index contributed by atoms with van der Waals surface area (Å²) >= 11 is 15.9. The van der Waals surface area contributed by atoms with Crippen molar-refractivity contribution in [1.82, 2.24) is 4.98 Å². The molecule has 3 aromatic carbocycles. The van der Waals surface area contributed by atoms with Gasteiger partial charge in [0.25, 0.3) is 11.8 Å². The third kappa shape index (κ3) is 5.33. The molecular formula is C24H10Br4F3N3O3S2. The number of hydrogen-bond donors (Lipinski definition) is 1. The molecule has 0 radical (unpaired) electrons. The summed E-state index contributed by atoms with van der Waals surface area (Å²) in [4.78, 5) is 44.5. The van der Waals surface area contributed by atoms with Crippen LogP contribution in [-0.2, 0) is 11.0 Å². The highest BCUT2D eigenvalue weighted by molar-refractivity contribution is 9.15. The molecule has 0 atom stereocenters. The van der Waals surface area contributed by atoms with Crippen LogP contribution in [0.4, 0.5) is 24.5 Å². The zero-order valence-corrected chi connectivity index (χ0v) is 26.8. The van der Waals surface area contributed by atoms with Crippen molar-refractivity contribution >= 4 is 126 Å². The van der Waals surface area contributed by atoms with E-state index in [0.717, 1.165) is 22.7 Å². The number of fused-ring (bicyclic) bond motifs is 2. The second-order valence-corrected chi connectivity index (χ2v) is 13.4. The third-order valence-electron chi connectivity index (χ3n) is 5.54. The van der Waals surface area contributed by atoms with E-state index >= 15 is 0 Å². The van der Waals surface area contributed by atoms with Crippen LogP contribution in [0.1, 0.15) is 26.3 Å². The molecule has 0 unspecified atom stereocenters. The summed E-state index contributed by atoms with van der Waals surface area (Å²) < 4.78 is 42.8. The SMILES string of the molecule is O=C(CSc1nc2ccc(N3C(=O)c4c(Br)c(Br)c(Br)c(Br)c4C3=O)cc2s1)Nc1ccccc1C(F)(F)F. The van der Waals surface area contributed by atoms with Crippen molar-refractivity contribution in [2.45, 2.75) is 10.5 Å². The summed E-state index contributed by atoms with van der Waals surface area (Å²) in [6, 6.07) is 9.67. The number of carbonyl (C=O) groups is 3. The highest BCUT2D eigenvalue weighted by atomic mass is 79.9. The Bertz CT molecular complexity index is 1660. The number of amides is 3. The lowest BCUT2D eigenvalue weighted by molar-refractivity contribution is -0.137. The second-order valence-electron chi connectivity index (χ2n) is 7.96. The quantitative estimate of drug-likeness (QED) is 0.0942. The molecule has 1 aliphatic rings. The van der Waals surface area contributed by atoms with E-state index in [1.54, 1.807) is 18.2 Å². The third-order valence-corrected chi connectivity index (χ3v) is 12.5. The summed E-state index contributed by atoms with van der Waals surface area (Å²) in [5, 5.41) is 2.30. The number of rotatable bonds is 5. The van der Waals surface area contributed by atoms with Gasteiger partial charge >= 0.3 is 6.18 Å². The molecular weight excluding hydrogens is 819 g/mol. The van der Waals surface area contributed by atoms with E-state index in [1.807, 2.05) is 0 Å². The number of thiazole rings is 1. The van der Waals surface area contributed by atoms with E-state index in [9.17, 15) is 27.6 Å². The first-order valence-corrected chi connectivity index (χ1v) is 15.6. The van der Waals surface area contributed by atoms with E-state index < -0.39 is 29.5 Å². The van der Waals surface area contributed by atoms with E-state index in [2.05, 4.69) is 74.0 Å². The first-order valence-electron chi connectivity index (χ1n) is 10.6. The Labute approximate surface area is 260 Å². The van der Waals surface area contributed by atoms with E-state index in [1.165, 1.54) is 29.5 Å².